The summed E-state index contributed by atoms with van der Waals surface area (Å²) in [6, 6.07) is 1.71. The summed E-state index contributed by atoms with van der Waals surface area (Å²) in [5.74, 6) is 0.218. The number of hydrogen-bond acceptors (Lipinski definition) is 2. The zero-order valence-electron chi connectivity index (χ0n) is 10.8. The van der Waals surface area contributed by atoms with Crippen LogP contribution >= 0.6 is 11.6 Å². The Morgan fingerprint density at radius 1 is 1.41 bits per heavy atom. The van der Waals surface area contributed by atoms with Gasteiger partial charge >= 0.3 is 0 Å². The van der Waals surface area contributed by atoms with Crippen molar-refractivity contribution >= 4 is 17.5 Å². The molecule has 4 heteroatoms. The van der Waals surface area contributed by atoms with Gasteiger partial charge in [0.05, 0.1) is 16.3 Å². The fourth-order valence-electron chi connectivity index (χ4n) is 1.76. The maximum absolute atomic E-state index is 12.3. The lowest BCUT2D eigenvalue weighted by molar-refractivity contribution is 0.0771. The second-order valence-electron chi connectivity index (χ2n) is 4.22. The van der Waals surface area contributed by atoms with Crippen molar-refractivity contribution in [2.45, 2.75) is 33.6 Å². The normalized spacial score (nSPS) is 10.7. The summed E-state index contributed by atoms with van der Waals surface area (Å²) in [6.07, 6.45) is 1.59. The zero-order valence-corrected chi connectivity index (χ0v) is 11.6. The molecular formula is C13H19ClN2O. The van der Waals surface area contributed by atoms with Crippen LogP contribution in [0.4, 0.5) is 0 Å². The molecule has 1 aromatic heterocycles. The summed E-state index contributed by atoms with van der Waals surface area (Å²) < 4.78 is 0. The first-order valence-electron chi connectivity index (χ1n) is 5.95. The lowest BCUT2D eigenvalue weighted by Crippen LogP contribution is -2.31. The number of amides is 1. The van der Waals surface area contributed by atoms with E-state index in [1.807, 2.05) is 27.7 Å². The zero-order chi connectivity index (χ0) is 13.0. The smallest absolute Gasteiger partial charge is 0.255 e. The van der Waals surface area contributed by atoms with Crippen LogP contribution in [0.25, 0.3) is 0 Å². The van der Waals surface area contributed by atoms with Crippen molar-refractivity contribution in [1.82, 2.24) is 9.88 Å². The molecule has 17 heavy (non-hydrogen) atoms. The largest absolute Gasteiger partial charge is 0.339 e. The van der Waals surface area contributed by atoms with E-state index in [9.17, 15) is 4.79 Å². The van der Waals surface area contributed by atoms with E-state index < -0.39 is 0 Å². The van der Waals surface area contributed by atoms with E-state index in [0.717, 1.165) is 5.69 Å². The van der Waals surface area contributed by atoms with Gasteiger partial charge in [0, 0.05) is 19.3 Å². The van der Waals surface area contributed by atoms with Gasteiger partial charge in [0.1, 0.15) is 0 Å². The highest BCUT2D eigenvalue weighted by Crippen LogP contribution is 2.21. The summed E-state index contributed by atoms with van der Waals surface area (Å²) in [5.41, 5.74) is 1.43. The standard InChI is InChI=1S/C13H19ClN2O/c1-5-16(6-2)13(17)11-7-10(14)8-15-12(11)9(3)4/h7-9H,5-6H2,1-4H3. The third-order valence-corrected chi connectivity index (χ3v) is 2.92. The van der Waals surface area contributed by atoms with Crippen LogP contribution in [0.1, 0.15) is 49.7 Å². The Labute approximate surface area is 108 Å². The highest BCUT2D eigenvalue weighted by Gasteiger charge is 2.19. The van der Waals surface area contributed by atoms with E-state index in [1.54, 1.807) is 17.2 Å². The molecule has 0 bridgehead atoms. The molecule has 3 nitrogen and oxygen atoms in total. The second-order valence-corrected chi connectivity index (χ2v) is 4.65. The maximum atomic E-state index is 12.3. The van der Waals surface area contributed by atoms with Gasteiger partial charge in [-0.2, -0.15) is 0 Å². The molecule has 0 saturated carbocycles. The van der Waals surface area contributed by atoms with Gasteiger partial charge in [-0.1, -0.05) is 25.4 Å². The lowest BCUT2D eigenvalue weighted by Gasteiger charge is -2.21. The highest BCUT2D eigenvalue weighted by atomic mass is 35.5. The predicted molar refractivity (Wildman–Crippen MR) is 70.6 cm³/mol. The van der Waals surface area contributed by atoms with Crippen molar-refractivity contribution in [3.63, 3.8) is 0 Å². The second kappa shape index (κ2) is 6.01. The molecule has 0 spiro atoms. The van der Waals surface area contributed by atoms with E-state index in [4.69, 9.17) is 11.6 Å². The average Bonchev–Trinajstić information content (AvgIpc) is 2.29. The molecule has 1 rings (SSSR count). The van der Waals surface area contributed by atoms with Gasteiger partial charge in [0.25, 0.3) is 5.91 Å². The van der Waals surface area contributed by atoms with Crippen molar-refractivity contribution in [1.29, 1.82) is 0 Å². The molecule has 1 heterocycles. The highest BCUT2D eigenvalue weighted by molar-refractivity contribution is 6.30. The predicted octanol–water partition coefficient (Wildman–Crippen LogP) is 3.34. The number of halogens is 1. The van der Waals surface area contributed by atoms with Crippen LogP contribution in [0.5, 0.6) is 0 Å². The molecule has 0 aliphatic heterocycles. The first-order valence-corrected chi connectivity index (χ1v) is 6.33. The molecule has 0 radical (unpaired) electrons. The van der Waals surface area contributed by atoms with Gasteiger partial charge in [0.15, 0.2) is 0 Å². The van der Waals surface area contributed by atoms with Crippen LogP contribution in [-0.4, -0.2) is 28.9 Å². The number of carbonyl (C=O) groups excluding carboxylic acids is 1. The van der Waals surface area contributed by atoms with Crippen molar-refractivity contribution in [3.05, 3.63) is 28.5 Å². The first-order chi connectivity index (χ1) is 8.01. The van der Waals surface area contributed by atoms with Crippen molar-refractivity contribution < 1.29 is 4.79 Å². The van der Waals surface area contributed by atoms with E-state index in [-0.39, 0.29) is 11.8 Å². The molecule has 0 aromatic carbocycles. The Hall–Kier alpha value is -1.09. The number of carbonyl (C=O) groups is 1. The maximum Gasteiger partial charge on any atom is 0.255 e. The van der Waals surface area contributed by atoms with Gasteiger partial charge in [-0.3, -0.25) is 9.78 Å². The summed E-state index contributed by atoms with van der Waals surface area (Å²) >= 11 is 5.92. The lowest BCUT2D eigenvalue weighted by atomic mass is 10.0. The third kappa shape index (κ3) is 3.19. The van der Waals surface area contributed by atoms with E-state index >= 15 is 0 Å². The van der Waals surface area contributed by atoms with Crippen molar-refractivity contribution in [3.8, 4) is 0 Å². The van der Waals surface area contributed by atoms with Crippen LogP contribution < -0.4 is 0 Å². The fourth-order valence-corrected chi connectivity index (χ4v) is 1.92. The topological polar surface area (TPSA) is 33.2 Å². The Morgan fingerprint density at radius 3 is 2.47 bits per heavy atom. The Kier molecular flexibility index (Phi) is 4.94. The van der Waals surface area contributed by atoms with E-state index in [0.29, 0.717) is 23.7 Å². The molecule has 1 aromatic rings. The minimum absolute atomic E-state index is 0.00806. The van der Waals surface area contributed by atoms with Gasteiger partial charge < -0.3 is 4.90 Å². The van der Waals surface area contributed by atoms with Gasteiger partial charge in [-0.25, -0.2) is 0 Å². The summed E-state index contributed by atoms with van der Waals surface area (Å²) in [7, 11) is 0. The molecule has 94 valence electrons. The van der Waals surface area contributed by atoms with Crippen LogP contribution in [0, 0.1) is 0 Å². The van der Waals surface area contributed by atoms with Gasteiger partial charge in [-0.05, 0) is 25.8 Å². The number of nitrogens with zero attached hydrogens (tertiary/aromatic N) is 2. The molecule has 0 aliphatic carbocycles. The number of rotatable bonds is 4. The molecule has 0 saturated heterocycles. The molecule has 0 fully saturated rings. The van der Waals surface area contributed by atoms with E-state index in [2.05, 4.69) is 4.98 Å². The van der Waals surface area contributed by atoms with Crippen molar-refractivity contribution in [2.24, 2.45) is 0 Å². The number of pyridine rings is 1. The average molecular weight is 255 g/mol. The molecule has 1 amide bonds. The van der Waals surface area contributed by atoms with Gasteiger partial charge in [0.2, 0.25) is 0 Å². The summed E-state index contributed by atoms with van der Waals surface area (Å²) in [6.45, 7) is 9.37. The van der Waals surface area contributed by atoms with Crippen LogP contribution in [0.2, 0.25) is 5.02 Å². The van der Waals surface area contributed by atoms with E-state index in [1.165, 1.54) is 0 Å². The Morgan fingerprint density at radius 2 is 2.00 bits per heavy atom. The number of aromatic nitrogens is 1. The minimum Gasteiger partial charge on any atom is -0.339 e. The third-order valence-electron chi connectivity index (χ3n) is 2.71. The molecule has 0 unspecified atom stereocenters. The van der Waals surface area contributed by atoms with Crippen LogP contribution in [0.3, 0.4) is 0 Å². The number of hydrogen-bond donors (Lipinski definition) is 0. The Balaban J connectivity index is 3.19. The van der Waals surface area contributed by atoms with Crippen LogP contribution in [-0.2, 0) is 0 Å². The minimum atomic E-state index is 0.00806. The first kappa shape index (κ1) is 14.0. The summed E-state index contributed by atoms with van der Waals surface area (Å²) in [5, 5.41) is 0.505. The molecular weight excluding hydrogens is 236 g/mol. The molecule has 0 N–H and O–H groups in total. The van der Waals surface area contributed by atoms with Gasteiger partial charge in [-0.15, -0.1) is 0 Å². The van der Waals surface area contributed by atoms with Crippen LogP contribution in [0.15, 0.2) is 12.3 Å². The molecule has 0 aliphatic rings. The summed E-state index contributed by atoms with van der Waals surface area (Å²) in [4.78, 5) is 18.4. The van der Waals surface area contributed by atoms with Crippen molar-refractivity contribution in [2.75, 3.05) is 13.1 Å². The molecule has 0 atom stereocenters. The quantitative estimate of drug-likeness (QED) is 0.826. The fraction of sp³-hybridized carbons (Fsp3) is 0.538. The SMILES string of the molecule is CCN(CC)C(=O)c1cc(Cl)cnc1C(C)C. The Bertz CT molecular complexity index is 400. The monoisotopic (exact) mass is 254 g/mol.